The van der Waals surface area contributed by atoms with Gasteiger partial charge in [-0.15, -0.1) is 0 Å². The predicted octanol–water partition coefficient (Wildman–Crippen LogP) is 3.93. The molecule has 6 nitrogen and oxygen atoms in total. The number of benzene rings is 3. The van der Waals surface area contributed by atoms with Gasteiger partial charge in [-0.2, -0.15) is 5.26 Å². The zero-order chi connectivity index (χ0) is 19.9. The zero-order valence-electron chi connectivity index (χ0n) is 14.6. The Morgan fingerprint density at radius 2 is 1.79 bits per heavy atom. The van der Waals surface area contributed by atoms with Gasteiger partial charge in [0.05, 0.1) is 11.3 Å². The maximum absolute atomic E-state index is 11.9. The molecule has 1 N–H and O–H groups in total. The summed E-state index contributed by atoms with van der Waals surface area (Å²) in [6.45, 7) is -0.830. The van der Waals surface area contributed by atoms with E-state index in [0.29, 0.717) is 10.8 Å². The Bertz CT molecular complexity index is 1080. The van der Waals surface area contributed by atoms with Crippen molar-refractivity contribution in [2.45, 2.75) is 0 Å². The van der Waals surface area contributed by atoms with Crippen LogP contribution in [-0.2, 0) is 14.3 Å². The number of fused-ring (bicyclic) bond motifs is 1. The van der Waals surface area contributed by atoms with Crippen LogP contribution in [-0.4, -0.2) is 25.1 Å². The lowest BCUT2D eigenvalue weighted by Crippen LogP contribution is -2.24. The number of anilines is 1. The Kier molecular flexibility index (Phi) is 6.10. The highest BCUT2D eigenvalue weighted by Crippen LogP contribution is 2.21. The number of nitriles is 1. The van der Waals surface area contributed by atoms with Gasteiger partial charge in [0.2, 0.25) is 0 Å². The van der Waals surface area contributed by atoms with Crippen molar-refractivity contribution < 1.29 is 19.1 Å². The van der Waals surface area contributed by atoms with E-state index in [9.17, 15) is 9.59 Å². The first kappa shape index (κ1) is 19.2. The second-order valence-corrected chi connectivity index (χ2v) is 6.24. The van der Waals surface area contributed by atoms with E-state index in [0.717, 1.165) is 10.8 Å². The van der Waals surface area contributed by atoms with Gasteiger partial charge >= 0.3 is 5.97 Å². The fraction of sp³-hybridized carbons (Fsp3) is 0.0952. The van der Waals surface area contributed by atoms with Crippen molar-refractivity contribution in [2.75, 3.05) is 18.5 Å². The van der Waals surface area contributed by atoms with Gasteiger partial charge in [-0.3, -0.25) is 4.79 Å². The number of hydrogen-bond acceptors (Lipinski definition) is 5. The van der Waals surface area contributed by atoms with Crippen LogP contribution in [0.5, 0.6) is 5.75 Å². The van der Waals surface area contributed by atoms with Crippen LogP contribution in [0, 0.1) is 11.3 Å². The molecule has 0 heterocycles. The van der Waals surface area contributed by atoms with E-state index in [1.807, 2.05) is 42.5 Å². The van der Waals surface area contributed by atoms with Crippen LogP contribution in [0.3, 0.4) is 0 Å². The van der Waals surface area contributed by atoms with Gasteiger partial charge in [-0.05, 0) is 41.1 Å². The fourth-order valence-electron chi connectivity index (χ4n) is 2.49. The Balaban J connectivity index is 1.49. The highest BCUT2D eigenvalue weighted by molar-refractivity contribution is 6.31. The minimum Gasteiger partial charge on any atom is -0.482 e. The van der Waals surface area contributed by atoms with Crippen LogP contribution < -0.4 is 10.1 Å². The van der Waals surface area contributed by atoms with Gasteiger partial charge < -0.3 is 14.8 Å². The van der Waals surface area contributed by atoms with E-state index in [-0.39, 0.29) is 17.9 Å². The second-order valence-electron chi connectivity index (χ2n) is 5.81. The summed E-state index contributed by atoms with van der Waals surface area (Å²) in [4.78, 5) is 23.7. The topological polar surface area (TPSA) is 88.4 Å². The Morgan fingerprint density at radius 3 is 2.57 bits per heavy atom. The molecule has 0 aromatic heterocycles. The molecule has 0 unspecified atom stereocenters. The number of rotatable bonds is 6. The van der Waals surface area contributed by atoms with Crippen LogP contribution in [0.2, 0.25) is 5.02 Å². The summed E-state index contributed by atoms with van der Waals surface area (Å²) < 4.78 is 10.3. The number of nitrogens with one attached hydrogen (secondary N) is 1. The van der Waals surface area contributed by atoms with Crippen LogP contribution in [0.25, 0.3) is 10.8 Å². The van der Waals surface area contributed by atoms with Gasteiger partial charge in [0.25, 0.3) is 5.91 Å². The molecule has 1 amide bonds. The minimum atomic E-state index is -0.685. The van der Waals surface area contributed by atoms with E-state index < -0.39 is 18.5 Å². The Morgan fingerprint density at radius 1 is 1.00 bits per heavy atom. The summed E-state index contributed by atoms with van der Waals surface area (Å²) in [7, 11) is 0. The third kappa shape index (κ3) is 5.00. The number of nitrogens with zero attached hydrogens (tertiary/aromatic N) is 1. The molecule has 3 aromatic carbocycles. The van der Waals surface area contributed by atoms with Crippen molar-refractivity contribution in [3.63, 3.8) is 0 Å². The van der Waals surface area contributed by atoms with Gasteiger partial charge in [-0.1, -0.05) is 41.9 Å². The molecule has 0 atom stereocenters. The van der Waals surface area contributed by atoms with E-state index in [1.165, 1.54) is 12.1 Å². The highest BCUT2D eigenvalue weighted by Gasteiger charge is 2.11. The summed E-state index contributed by atoms with van der Waals surface area (Å²) in [5.41, 5.74) is 0.507. The molecule has 0 saturated heterocycles. The molecule has 0 spiro atoms. The number of amides is 1. The number of esters is 1. The number of carbonyl (C=O) groups is 2. The van der Waals surface area contributed by atoms with Gasteiger partial charge in [0, 0.05) is 5.02 Å². The fourth-order valence-corrected chi connectivity index (χ4v) is 2.66. The summed E-state index contributed by atoms with van der Waals surface area (Å²) in [6.07, 6.45) is 0. The van der Waals surface area contributed by atoms with Gasteiger partial charge in [0.1, 0.15) is 11.8 Å². The standard InChI is InChI=1S/C21H15ClN2O4/c22-17-7-5-16(11-23)19(10-17)24-20(25)12-28-21(26)13-27-18-8-6-14-3-1-2-4-15(14)9-18/h1-10H,12-13H2,(H,24,25). The summed E-state index contributed by atoms with van der Waals surface area (Å²) >= 11 is 5.86. The highest BCUT2D eigenvalue weighted by atomic mass is 35.5. The number of hydrogen-bond donors (Lipinski definition) is 1. The molecule has 0 fully saturated rings. The summed E-state index contributed by atoms with van der Waals surface area (Å²) in [5.74, 6) is -0.745. The number of halogens is 1. The average Bonchev–Trinajstić information content (AvgIpc) is 2.70. The molecular formula is C21H15ClN2O4. The molecule has 0 bridgehead atoms. The zero-order valence-corrected chi connectivity index (χ0v) is 15.4. The van der Waals surface area contributed by atoms with Crippen LogP contribution >= 0.6 is 11.6 Å². The van der Waals surface area contributed by atoms with Crippen LogP contribution in [0.1, 0.15) is 5.56 Å². The third-order valence-electron chi connectivity index (χ3n) is 3.82. The smallest absolute Gasteiger partial charge is 0.344 e. The molecular weight excluding hydrogens is 380 g/mol. The molecule has 3 rings (SSSR count). The maximum Gasteiger partial charge on any atom is 0.344 e. The molecule has 28 heavy (non-hydrogen) atoms. The normalized spacial score (nSPS) is 10.1. The average molecular weight is 395 g/mol. The second kappa shape index (κ2) is 8.89. The van der Waals surface area contributed by atoms with Crippen molar-refractivity contribution in [3.05, 3.63) is 71.2 Å². The van der Waals surface area contributed by atoms with Crippen molar-refractivity contribution in [3.8, 4) is 11.8 Å². The van der Waals surface area contributed by atoms with E-state index in [2.05, 4.69) is 5.32 Å². The van der Waals surface area contributed by atoms with Crippen LogP contribution in [0.4, 0.5) is 5.69 Å². The third-order valence-corrected chi connectivity index (χ3v) is 4.05. The Hall–Kier alpha value is -3.56. The Labute approximate surface area is 166 Å². The van der Waals surface area contributed by atoms with Crippen LogP contribution in [0.15, 0.2) is 60.7 Å². The summed E-state index contributed by atoms with van der Waals surface area (Å²) in [6, 6.07) is 19.6. The molecule has 0 radical (unpaired) electrons. The molecule has 0 saturated carbocycles. The van der Waals surface area contributed by atoms with Crippen molar-refractivity contribution in [2.24, 2.45) is 0 Å². The molecule has 7 heteroatoms. The van der Waals surface area contributed by atoms with Crippen molar-refractivity contribution in [1.29, 1.82) is 5.26 Å². The first-order valence-corrected chi connectivity index (χ1v) is 8.69. The van der Waals surface area contributed by atoms with E-state index >= 15 is 0 Å². The first-order chi connectivity index (χ1) is 13.5. The summed E-state index contributed by atoms with van der Waals surface area (Å²) in [5, 5.41) is 13.9. The van der Waals surface area contributed by atoms with E-state index in [1.54, 1.807) is 12.1 Å². The van der Waals surface area contributed by atoms with Gasteiger partial charge in [0.15, 0.2) is 13.2 Å². The number of carbonyl (C=O) groups excluding carboxylic acids is 2. The van der Waals surface area contributed by atoms with Crippen molar-refractivity contribution >= 4 is 39.9 Å². The van der Waals surface area contributed by atoms with Crippen molar-refractivity contribution in [1.82, 2.24) is 0 Å². The van der Waals surface area contributed by atoms with E-state index in [4.69, 9.17) is 26.3 Å². The lowest BCUT2D eigenvalue weighted by molar-refractivity contribution is -0.149. The lowest BCUT2D eigenvalue weighted by Gasteiger charge is -2.09. The molecule has 0 aliphatic heterocycles. The lowest BCUT2D eigenvalue weighted by atomic mass is 10.1. The predicted molar refractivity (Wildman–Crippen MR) is 105 cm³/mol. The first-order valence-electron chi connectivity index (χ1n) is 8.32. The molecule has 0 aliphatic rings. The monoisotopic (exact) mass is 394 g/mol. The quantitative estimate of drug-likeness (QED) is 0.640. The van der Waals surface area contributed by atoms with Gasteiger partial charge in [-0.25, -0.2) is 4.79 Å². The minimum absolute atomic E-state index is 0.253. The maximum atomic E-state index is 11.9. The SMILES string of the molecule is N#Cc1ccc(Cl)cc1NC(=O)COC(=O)COc1ccc2ccccc2c1. The molecule has 3 aromatic rings. The number of ether oxygens (including phenoxy) is 2. The molecule has 140 valence electrons. The largest absolute Gasteiger partial charge is 0.482 e. The molecule has 0 aliphatic carbocycles.